The standard InChI is InChI=1S/C14H26N2/c1-11(9-12-4-5-12)16-8-2-3-14(10-16)15-13-6-7-13/h11-15H,2-10H2,1H3. The highest BCUT2D eigenvalue weighted by Crippen LogP contribution is 2.35. The molecule has 0 aromatic rings. The number of likely N-dealkylation sites (tertiary alicyclic amines) is 1. The van der Waals surface area contributed by atoms with Crippen molar-refractivity contribution in [2.75, 3.05) is 13.1 Å². The predicted octanol–water partition coefficient (Wildman–Crippen LogP) is 2.39. The second-order valence-corrected chi connectivity index (χ2v) is 6.30. The average Bonchev–Trinajstić information content (AvgIpc) is 3.14. The van der Waals surface area contributed by atoms with Gasteiger partial charge >= 0.3 is 0 Å². The fourth-order valence-corrected chi connectivity index (χ4v) is 3.11. The van der Waals surface area contributed by atoms with Gasteiger partial charge in [-0.3, -0.25) is 4.90 Å². The van der Waals surface area contributed by atoms with Gasteiger partial charge in [-0.2, -0.15) is 0 Å². The summed E-state index contributed by atoms with van der Waals surface area (Å²) in [4.78, 5) is 2.74. The molecule has 0 aromatic heterocycles. The van der Waals surface area contributed by atoms with E-state index in [1.807, 2.05) is 0 Å². The van der Waals surface area contributed by atoms with E-state index in [4.69, 9.17) is 0 Å². The lowest BCUT2D eigenvalue weighted by Gasteiger charge is -2.37. The molecule has 0 radical (unpaired) electrons. The first-order chi connectivity index (χ1) is 7.81. The molecule has 3 rings (SSSR count). The summed E-state index contributed by atoms with van der Waals surface area (Å²) in [7, 11) is 0. The van der Waals surface area contributed by atoms with Crippen LogP contribution in [0.15, 0.2) is 0 Å². The summed E-state index contributed by atoms with van der Waals surface area (Å²) in [6, 6.07) is 2.50. The molecule has 0 amide bonds. The van der Waals surface area contributed by atoms with Crippen LogP contribution in [0.5, 0.6) is 0 Å². The maximum atomic E-state index is 3.80. The molecule has 3 fully saturated rings. The van der Waals surface area contributed by atoms with E-state index in [0.29, 0.717) is 0 Å². The van der Waals surface area contributed by atoms with Crippen LogP contribution in [0, 0.1) is 5.92 Å². The third-order valence-corrected chi connectivity index (χ3v) is 4.50. The molecule has 1 saturated heterocycles. The van der Waals surface area contributed by atoms with Crippen molar-refractivity contribution in [2.45, 2.75) is 70.0 Å². The monoisotopic (exact) mass is 222 g/mol. The van der Waals surface area contributed by atoms with Crippen molar-refractivity contribution in [1.82, 2.24) is 10.2 Å². The minimum atomic E-state index is 0.794. The van der Waals surface area contributed by atoms with Gasteiger partial charge in [0.2, 0.25) is 0 Å². The largest absolute Gasteiger partial charge is 0.310 e. The zero-order valence-electron chi connectivity index (χ0n) is 10.6. The molecule has 0 aromatic carbocycles. The molecule has 0 bridgehead atoms. The molecule has 2 nitrogen and oxygen atoms in total. The van der Waals surface area contributed by atoms with Crippen molar-refractivity contribution in [3.8, 4) is 0 Å². The third kappa shape index (κ3) is 2.98. The van der Waals surface area contributed by atoms with Crippen molar-refractivity contribution in [2.24, 2.45) is 5.92 Å². The summed E-state index contributed by atoms with van der Waals surface area (Å²) in [5.41, 5.74) is 0. The Kier molecular flexibility index (Phi) is 3.21. The number of nitrogens with zero attached hydrogens (tertiary/aromatic N) is 1. The highest BCUT2D eigenvalue weighted by molar-refractivity contribution is 4.90. The topological polar surface area (TPSA) is 15.3 Å². The Bertz CT molecular complexity index is 221. The molecule has 0 spiro atoms. The first-order valence-electron chi connectivity index (χ1n) is 7.31. The van der Waals surface area contributed by atoms with Gasteiger partial charge in [-0.25, -0.2) is 0 Å². The first kappa shape index (κ1) is 11.0. The van der Waals surface area contributed by atoms with E-state index < -0.39 is 0 Å². The molecular formula is C14H26N2. The van der Waals surface area contributed by atoms with E-state index in [1.54, 1.807) is 0 Å². The number of piperidine rings is 1. The van der Waals surface area contributed by atoms with Gasteiger partial charge in [0.05, 0.1) is 0 Å². The highest BCUT2D eigenvalue weighted by atomic mass is 15.2. The second kappa shape index (κ2) is 4.66. The van der Waals surface area contributed by atoms with E-state index in [2.05, 4.69) is 17.1 Å². The Morgan fingerprint density at radius 2 is 1.94 bits per heavy atom. The highest BCUT2D eigenvalue weighted by Gasteiger charge is 2.31. The van der Waals surface area contributed by atoms with Crippen molar-refractivity contribution < 1.29 is 0 Å². The molecule has 92 valence electrons. The molecule has 16 heavy (non-hydrogen) atoms. The quantitative estimate of drug-likeness (QED) is 0.768. The Labute approximate surface area is 99.8 Å². The summed E-state index contributed by atoms with van der Waals surface area (Å²) >= 11 is 0. The van der Waals surface area contributed by atoms with Crippen LogP contribution in [0.2, 0.25) is 0 Å². The predicted molar refractivity (Wildman–Crippen MR) is 67.6 cm³/mol. The second-order valence-electron chi connectivity index (χ2n) is 6.30. The average molecular weight is 222 g/mol. The molecule has 2 aliphatic carbocycles. The van der Waals surface area contributed by atoms with E-state index in [9.17, 15) is 0 Å². The molecule has 2 heteroatoms. The van der Waals surface area contributed by atoms with Gasteiger partial charge in [0.15, 0.2) is 0 Å². The lowest BCUT2D eigenvalue weighted by Crippen LogP contribution is -2.49. The van der Waals surface area contributed by atoms with Gasteiger partial charge < -0.3 is 5.32 Å². The third-order valence-electron chi connectivity index (χ3n) is 4.50. The van der Waals surface area contributed by atoms with Gasteiger partial charge in [0.1, 0.15) is 0 Å². The van der Waals surface area contributed by atoms with Crippen LogP contribution in [-0.2, 0) is 0 Å². The van der Waals surface area contributed by atoms with Crippen LogP contribution in [0.4, 0.5) is 0 Å². The molecular weight excluding hydrogens is 196 g/mol. The van der Waals surface area contributed by atoms with Crippen molar-refractivity contribution in [1.29, 1.82) is 0 Å². The Morgan fingerprint density at radius 1 is 1.12 bits per heavy atom. The van der Waals surface area contributed by atoms with Crippen molar-refractivity contribution in [3.05, 3.63) is 0 Å². The van der Waals surface area contributed by atoms with Crippen LogP contribution >= 0.6 is 0 Å². The minimum absolute atomic E-state index is 0.794. The SMILES string of the molecule is CC(CC1CC1)N1CCCC(NC2CC2)C1. The molecule has 2 unspecified atom stereocenters. The van der Waals surface area contributed by atoms with Gasteiger partial charge in [0, 0.05) is 24.7 Å². The lowest BCUT2D eigenvalue weighted by atomic mass is 10.0. The van der Waals surface area contributed by atoms with Crippen LogP contribution < -0.4 is 5.32 Å². The normalized spacial score (nSPS) is 33.9. The summed E-state index contributed by atoms with van der Waals surface area (Å²) in [6.45, 7) is 5.10. The molecule has 1 heterocycles. The molecule has 1 N–H and O–H groups in total. The Hall–Kier alpha value is -0.0800. The zero-order valence-corrected chi connectivity index (χ0v) is 10.6. The number of nitrogens with one attached hydrogen (secondary N) is 1. The van der Waals surface area contributed by atoms with Crippen molar-refractivity contribution >= 4 is 0 Å². The van der Waals surface area contributed by atoms with Crippen molar-refractivity contribution in [3.63, 3.8) is 0 Å². The fourth-order valence-electron chi connectivity index (χ4n) is 3.11. The smallest absolute Gasteiger partial charge is 0.0198 e. The minimum Gasteiger partial charge on any atom is -0.310 e. The summed E-state index contributed by atoms with van der Waals surface area (Å²) in [5, 5.41) is 3.80. The van der Waals surface area contributed by atoms with E-state index >= 15 is 0 Å². The van der Waals surface area contributed by atoms with E-state index in [0.717, 1.165) is 24.0 Å². The van der Waals surface area contributed by atoms with E-state index in [-0.39, 0.29) is 0 Å². The number of rotatable bonds is 5. The van der Waals surface area contributed by atoms with Gasteiger partial charge in [-0.05, 0) is 51.5 Å². The zero-order chi connectivity index (χ0) is 11.0. The number of hydrogen-bond acceptors (Lipinski definition) is 2. The van der Waals surface area contributed by atoms with Crippen LogP contribution in [0.25, 0.3) is 0 Å². The van der Waals surface area contributed by atoms with Gasteiger partial charge in [-0.15, -0.1) is 0 Å². The maximum absolute atomic E-state index is 3.80. The molecule has 2 saturated carbocycles. The fraction of sp³-hybridized carbons (Fsp3) is 1.00. The maximum Gasteiger partial charge on any atom is 0.0198 e. The lowest BCUT2D eigenvalue weighted by molar-refractivity contribution is 0.135. The van der Waals surface area contributed by atoms with Crippen LogP contribution in [0.1, 0.15) is 51.9 Å². The first-order valence-corrected chi connectivity index (χ1v) is 7.31. The Balaban J connectivity index is 1.45. The molecule has 3 aliphatic rings. The summed E-state index contributed by atoms with van der Waals surface area (Å²) in [5.74, 6) is 1.08. The number of hydrogen-bond donors (Lipinski definition) is 1. The van der Waals surface area contributed by atoms with E-state index in [1.165, 1.54) is 58.0 Å². The Morgan fingerprint density at radius 3 is 2.62 bits per heavy atom. The summed E-state index contributed by atoms with van der Waals surface area (Å²) < 4.78 is 0. The molecule has 1 aliphatic heterocycles. The van der Waals surface area contributed by atoms with Crippen LogP contribution in [-0.4, -0.2) is 36.1 Å². The molecule has 2 atom stereocenters. The van der Waals surface area contributed by atoms with Gasteiger partial charge in [-0.1, -0.05) is 12.8 Å². The van der Waals surface area contributed by atoms with Crippen LogP contribution in [0.3, 0.4) is 0 Å². The van der Waals surface area contributed by atoms with Gasteiger partial charge in [0.25, 0.3) is 0 Å². The summed E-state index contributed by atoms with van der Waals surface area (Å²) in [6.07, 6.45) is 10.1.